The molecule has 0 atom stereocenters. The van der Waals surface area contributed by atoms with Crippen molar-refractivity contribution in [3.05, 3.63) is 57.6 Å². The van der Waals surface area contributed by atoms with Gasteiger partial charge in [0, 0.05) is 24.8 Å². The van der Waals surface area contributed by atoms with E-state index in [4.69, 9.17) is 14.2 Å². The third-order valence-corrected chi connectivity index (χ3v) is 5.05. The quantitative estimate of drug-likeness (QED) is 0.328. The molecule has 0 bridgehead atoms. The number of hydrogen-bond acceptors (Lipinski definition) is 8. The molecule has 0 radical (unpaired) electrons. The summed E-state index contributed by atoms with van der Waals surface area (Å²) in [6.45, 7) is 3.52. The molecule has 2 heterocycles. The van der Waals surface area contributed by atoms with Gasteiger partial charge >= 0.3 is 0 Å². The van der Waals surface area contributed by atoms with Gasteiger partial charge in [0.25, 0.3) is 11.6 Å². The number of fused-ring (bicyclic) bond motifs is 1. The number of anilines is 2. The average Bonchev–Trinajstić information content (AvgIpc) is 2.82. The van der Waals surface area contributed by atoms with E-state index in [-0.39, 0.29) is 29.3 Å². The third kappa shape index (κ3) is 4.63. The van der Waals surface area contributed by atoms with Crippen LogP contribution in [0.1, 0.15) is 5.56 Å². The molecule has 0 aromatic heterocycles. The molecule has 10 heteroatoms. The van der Waals surface area contributed by atoms with Gasteiger partial charge in [-0.3, -0.25) is 14.9 Å². The first-order chi connectivity index (χ1) is 15.5. The lowest BCUT2D eigenvalue weighted by Crippen LogP contribution is -2.36. The van der Waals surface area contributed by atoms with E-state index in [0.717, 1.165) is 18.8 Å². The van der Waals surface area contributed by atoms with Crippen LogP contribution < -0.4 is 19.7 Å². The van der Waals surface area contributed by atoms with E-state index >= 15 is 0 Å². The predicted octanol–water partition coefficient (Wildman–Crippen LogP) is 2.75. The lowest BCUT2D eigenvalue weighted by Gasteiger charge is -2.28. The van der Waals surface area contributed by atoms with Crippen LogP contribution in [0.5, 0.6) is 11.5 Å². The minimum Gasteiger partial charge on any atom is -0.486 e. The van der Waals surface area contributed by atoms with Crippen LogP contribution in [0.4, 0.5) is 17.1 Å². The van der Waals surface area contributed by atoms with Crippen molar-refractivity contribution in [3.8, 4) is 17.6 Å². The minimum absolute atomic E-state index is 0.0759. The number of nitrogens with one attached hydrogen (secondary N) is 1. The van der Waals surface area contributed by atoms with Gasteiger partial charge in [-0.2, -0.15) is 5.26 Å². The normalized spacial score (nSPS) is 15.6. The highest BCUT2D eigenvalue weighted by Gasteiger charge is 2.24. The Kier molecular flexibility index (Phi) is 6.19. The van der Waals surface area contributed by atoms with Crippen LogP contribution in [0, 0.1) is 21.4 Å². The lowest BCUT2D eigenvalue weighted by atomic mass is 10.1. The number of amides is 1. The predicted molar refractivity (Wildman–Crippen MR) is 116 cm³/mol. The number of benzene rings is 2. The van der Waals surface area contributed by atoms with Crippen molar-refractivity contribution in [1.82, 2.24) is 0 Å². The Hall–Kier alpha value is -4.10. The summed E-state index contributed by atoms with van der Waals surface area (Å²) in [5.74, 6) is -0.236. The summed E-state index contributed by atoms with van der Waals surface area (Å²) in [5.41, 5.74) is 1.07. The molecule has 1 amide bonds. The summed E-state index contributed by atoms with van der Waals surface area (Å²) in [5, 5.41) is 23.4. The van der Waals surface area contributed by atoms with Crippen LogP contribution in [-0.4, -0.2) is 50.3 Å². The molecule has 1 saturated heterocycles. The first-order valence-electron chi connectivity index (χ1n) is 9.99. The van der Waals surface area contributed by atoms with Crippen LogP contribution >= 0.6 is 0 Å². The number of ether oxygens (including phenoxy) is 3. The van der Waals surface area contributed by atoms with Gasteiger partial charge in [0.15, 0.2) is 11.5 Å². The Morgan fingerprint density at radius 2 is 1.75 bits per heavy atom. The number of nitro benzene ring substituents is 1. The molecule has 32 heavy (non-hydrogen) atoms. The first kappa shape index (κ1) is 21.1. The lowest BCUT2D eigenvalue weighted by molar-refractivity contribution is -0.384. The van der Waals surface area contributed by atoms with Gasteiger partial charge in [0.1, 0.15) is 30.5 Å². The monoisotopic (exact) mass is 436 g/mol. The molecule has 0 unspecified atom stereocenters. The van der Waals surface area contributed by atoms with Crippen molar-refractivity contribution >= 4 is 29.0 Å². The molecule has 2 aliphatic rings. The molecule has 2 aromatic carbocycles. The zero-order valence-electron chi connectivity index (χ0n) is 17.1. The second-order valence-corrected chi connectivity index (χ2v) is 7.09. The van der Waals surface area contributed by atoms with E-state index in [0.29, 0.717) is 31.1 Å². The van der Waals surface area contributed by atoms with Gasteiger partial charge in [-0.15, -0.1) is 0 Å². The van der Waals surface area contributed by atoms with Crippen molar-refractivity contribution in [3.63, 3.8) is 0 Å². The zero-order chi connectivity index (χ0) is 22.5. The topological polar surface area (TPSA) is 127 Å². The number of nitrogens with zero attached hydrogens (tertiary/aromatic N) is 3. The SMILES string of the molecule is N#CC(=Cc1ccc(N2CCOCC2)cc1)C(=O)Nc1cc2c(cc1[N+](=O)[O-])OCCO2. The summed E-state index contributed by atoms with van der Waals surface area (Å²) < 4.78 is 16.1. The Morgan fingerprint density at radius 3 is 2.38 bits per heavy atom. The molecule has 10 nitrogen and oxygen atoms in total. The van der Waals surface area contributed by atoms with Gasteiger partial charge in [0.2, 0.25) is 0 Å². The number of morpholine rings is 1. The number of rotatable bonds is 5. The Labute approximate surface area is 183 Å². The summed E-state index contributed by atoms with van der Waals surface area (Å²) >= 11 is 0. The second kappa shape index (κ2) is 9.36. The fourth-order valence-corrected chi connectivity index (χ4v) is 3.44. The Bertz CT molecular complexity index is 1100. The maximum Gasteiger partial charge on any atom is 0.296 e. The van der Waals surface area contributed by atoms with Crippen LogP contribution in [-0.2, 0) is 9.53 Å². The number of hydrogen-bond donors (Lipinski definition) is 1. The molecule has 0 saturated carbocycles. The highest BCUT2D eigenvalue weighted by atomic mass is 16.6. The number of carbonyl (C=O) groups is 1. The number of carbonyl (C=O) groups excluding carboxylic acids is 1. The van der Waals surface area contributed by atoms with Crippen molar-refractivity contribution in [2.45, 2.75) is 0 Å². The van der Waals surface area contributed by atoms with Crippen LogP contribution in [0.3, 0.4) is 0 Å². The van der Waals surface area contributed by atoms with Crippen molar-refractivity contribution in [1.29, 1.82) is 5.26 Å². The van der Waals surface area contributed by atoms with Gasteiger partial charge in [-0.05, 0) is 23.8 Å². The second-order valence-electron chi connectivity index (χ2n) is 7.09. The van der Waals surface area contributed by atoms with Gasteiger partial charge in [-0.25, -0.2) is 0 Å². The molecule has 164 valence electrons. The van der Waals surface area contributed by atoms with E-state index in [1.807, 2.05) is 30.3 Å². The standard InChI is InChI=1S/C22H20N4O6/c23-14-16(11-15-1-3-17(4-2-15)25-5-7-30-8-6-25)22(27)24-18-12-20-21(32-10-9-31-20)13-19(18)26(28)29/h1-4,11-13H,5-10H2,(H,24,27). The fourth-order valence-electron chi connectivity index (χ4n) is 3.44. The van der Waals surface area contributed by atoms with Crippen molar-refractivity contribution < 1.29 is 23.9 Å². The highest BCUT2D eigenvalue weighted by molar-refractivity contribution is 6.10. The minimum atomic E-state index is -0.760. The zero-order valence-corrected chi connectivity index (χ0v) is 17.1. The molecule has 0 aliphatic carbocycles. The number of nitro groups is 1. The smallest absolute Gasteiger partial charge is 0.296 e. The van der Waals surface area contributed by atoms with E-state index in [1.54, 1.807) is 0 Å². The fraction of sp³-hybridized carbons (Fsp3) is 0.273. The molecular formula is C22H20N4O6. The molecule has 4 rings (SSSR count). The molecular weight excluding hydrogens is 416 g/mol. The Morgan fingerprint density at radius 1 is 1.09 bits per heavy atom. The van der Waals surface area contributed by atoms with Crippen LogP contribution in [0.2, 0.25) is 0 Å². The largest absolute Gasteiger partial charge is 0.486 e. The molecule has 1 N–H and O–H groups in total. The average molecular weight is 436 g/mol. The summed E-state index contributed by atoms with van der Waals surface area (Å²) in [4.78, 5) is 25.7. The molecule has 0 spiro atoms. The first-order valence-corrected chi connectivity index (χ1v) is 9.99. The van der Waals surface area contributed by atoms with Crippen LogP contribution in [0.25, 0.3) is 6.08 Å². The van der Waals surface area contributed by atoms with Gasteiger partial charge < -0.3 is 24.4 Å². The summed E-state index contributed by atoms with van der Waals surface area (Å²) in [6, 6.07) is 11.8. The van der Waals surface area contributed by atoms with Crippen molar-refractivity contribution in [2.24, 2.45) is 0 Å². The van der Waals surface area contributed by atoms with Gasteiger partial charge in [0.05, 0.1) is 24.2 Å². The maximum absolute atomic E-state index is 12.7. The van der Waals surface area contributed by atoms with E-state index < -0.39 is 10.8 Å². The highest BCUT2D eigenvalue weighted by Crippen LogP contribution is 2.39. The van der Waals surface area contributed by atoms with Crippen molar-refractivity contribution in [2.75, 3.05) is 49.7 Å². The summed E-state index contributed by atoms with van der Waals surface area (Å²) in [7, 11) is 0. The van der Waals surface area contributed by atoms with E-state index in [2.05, 4.69) is 10.2 Å². The molecule has 2 aliphatic heterocycles. The van der Waals surface area contributed by atoms with E-state index in [1.165, 1.54) is 18.2 Å². The van der Waals surface area contributed by atoms with E-state index in [9.17, 15) is 20.2 Å². The molecule has 2 aromatic rings. The van der Waals surface area contributed by atoms with Crippen LogP contribution in [0.15, 0.2) is 42.0 Å². The Balaban J connectivity index is 1.53. The van der Waals surface area contributed by atoms with Gasteiger partial charge in [-0.1, -0.05) is 12.1 Å². The summed E-state index contributed by atoms with van der Waals surface area (Å²) in [6.07, 6.45) is 1.43. The maximum atomic E-state index is 12.7. The number of nitriles is 1. The molecule has 1 fully saturated rings. The third-order valence-electron chi connectivity index (χ3n) is 5.05.